The molecule has 2 heterocycles. The summed E-state index contributed by atoms with van der Waals surface area (Å²) in [7, 11) is -6.13. The molecule has 0 aliphatic rings. The zero-order valence-electron chi connectivity index (χ0n) is 22.9. The Bertz CT molecular complexity index is 2080. The fraction of sp³-hybridized carbons (Fsp3) is 0.103. The van der Waals surface area contributed by atoms with E-state index in [4.69, 9.17) is 10.5 Å². The molecule has 3 aromatic carbocycles. The summed E-state index contributed by atoms with van der Waals surface area (Å²) in [5, 5.41) is 11.7. The van der Waals surface area contributed by atoms with Gasteiger partial charge in [0.05, 0.1) is 33.1 Å². The Morgan fingerprint density at radius 1 is 0.884 bits per heavy atom. The largest absolute Gasteiger partial charge is 0.480 e. The van der Waals surface area contributed by atoms with Crippen LogP contribution in [-0.4, -0.2) is 44.6 Å². The number of nitrogen functional groups attached to an aromatic ring is 1. The molecule has 0 saturated heterocycles. The summed E-state index contributed by atoms with van der Waals surface area (Å²) in [5.74, 6) is 0.301. The lowest BCUT2D eigenvalue weighted by atomic mass is 10.0. The number of aromatic nitrogens is 2. The number of hydrogen-bond acceptors (Lipinski definition) is 10. The Balaban J connectivity index is 1.50. The normalized spacial score (nSPS) is 11.8. The van der Waals surface area contributed by atoms with Gasteiger partial charge in [0.2, 0.25) is 5.88 Å². The topological polar surface area (TPSA) is 184 Å². The predicted octanol–water partition coefficient (Wildman–Crippen LogP) is 5.06. The monoisotopic (exact) mass is 619 g/mol. The number of nitro groups is 1. The van der Waals surface area contributed by atoms with Crippen molar-refractivity contribution in [3.05, 3.63) is 95.2 Å². The van der Waals surface area contributed by atoms with Crippen LogP contribution in [0.5, 0.6) is 5.88 Å². The molecule has 0 unspecified atom stereocenters. The fourth-order valence-electron chi connectivity index (χ4n) is 4.41. The van der Waals surface area contributed by atoms with Crippen molar-refractivity contribution in [1.29, 1.82) is 0 Å². The first kappa shape index (κ1) is 29.4. The molecular formula is C29H25N5O7S2. The molecule has 43 heavy (non-hydrogen) atoms. The van der Waals surface area contributed by atoms with Gasteiger partial charge in [-0.25, -0.2) is 26.8 Å². The molecule has 0 amide bonds. The fourth-order valence-corrected chi connectivity index (χ4v) is 6.34. The van der Waals surface area contributed by atoms with E-state index in [-0.39, 0.29) is 38.6 Å². The number of sulfonamides is 1. The van der Waals surface area contributed by atoms with Crippen LogP contribution in [0.2, 0.25) is 0 Å². The van der Waals surface area contributed by atoms with Crippen molar-refractivity contribution >= 4 is 48.0 Å². The van der Waals surface area contributed by atoms with Crippen LogP contribution in [0.3, 0.4) is 0 Å². The van der Waals surface area contributed by atoms with Gasteiger partial charge in [-0.3, -0.25) is 14.8 Å². The van der Waals surface area contributed by atoms with Crippen LogP contribution < -0.4 is 15.2 Å². The third-order valence-corrected chi connectivity index (χ3v) is 9.86. The van der Waals surface area contributed by atoms with Crippen LogP contribution in [0, 0.1) is 10.1 Å². The van der Waals surface area contributed by atoms with Crippen molar-refractivity contribution in [2.45, 2.75) is 16.7 Å². The molecule has 0 aliphatic carbocycles. The zero-order valence-corrected chi connectivity index (χ0v) is 24.5. The quantitative estimate of drug-likeness (QED) is 0.167. The second-order valence-corrected chi connectivity index (χ2v) is 13.4. The summed E-state index contributed by atoms with van der Waals surface area (Å²) in [4.78, 5) is 19.1. The summed E-state index contributed by atoms with van der Waals surface area (Å²) >= 11 is 0. The number of sulfone groups is 1. The minimum absolute atomic E-state index is 0.00474. The summed E-state index contributed by atoms with van der Waals surface area (Å²) in [6.45, 7) is 1.58. The first-order chi connectivity index (χ1) is 20.4. The van der Waals surface area contributed by atoms with E-state index in [1.54, 1.807) is 37.3 Å². The van der Waals surface area contributed by atoms with Crippen LogP contribution in [0.25, 0.3) is 33.2 Å². The summed E-state index contributed by atoms with van der Waals surface area (Å²) < 4.78 is 58.2. The van der Waals surface area contributed by atoms with Gasteiger partial charge in [0.15, 0.2) is 9.84 Å². The SMILES string of the molecule is CCS(=O)(=O)c1ccc(-c2cc3cc(-c4cnc(OC)c(NS(=O)(=O)c5ccc([N+](=O)[O-])cc5)c4)ccc3nc2N)cc1. The number of nitrogens with one attached hydrogen (secondary N) is 1. The van der Waals surface area contributed by atoms with Crippen molar-refractivity contribution in [1.82, 2.24) is 9.97 Å². The number of nitro benzene ring substituents is 1. The highest BCUT2D eigenvalue weighted by Crippen LogP contribution is 2.34. The molecule has 12 nitrogen and oxygen atoms in total. The maximum Gasteiger partial charge on any atom is 0.269 e. The lowest BCUT2D eigenvalue weighted by molar-refractivity contribution is -0.384. The number of nitrogens with zero attached hydrogens (tertiary/aromatic N) is 3. The molecule has 0 bridgehead atoms. The average molecular weight is 620 g/mol. The number of non-ortho nitro benzene ring substituents is 1. The second kappa shape index (κ2) is 11.3. The number of rotatable bonds is 9. The van der Waals surface area contributed by atoms with Gasteiger partial charge in [-0.15, -0.1) is 0 Å². The minimum Gasteiger partial charge on any atom is -0.480 e. The number of pyridine rings is 2. The number of fused-ring (bicyclic) bond motifs is 1. The van der Waals surface area contributed by atoms with E-state index in [9.17, 15) is 26.9 Å². The van der Waals surface area contributed by atoms with Crippen LogP contribution in [0.4, 0.5) is 17.2 Å². The van der Waals surface area contributed by atoms with Crippen LogP contribution in [0.1, 0.15) is 6.92 Å². The van der Waals surface area contributed by atoms with Crippen molar-refractivity contribution in [3.8, 4) is 28.1 Å². The van der Waals surface area contributed by atoms with E-state index >= 15 is 0 Å². The molecule has 0 radical (unpaired) electrons. The maximum atomic E-state index is 13.1. The third kappa shape index (κ3) is 5.96. The molecule has 0 fully saturated rings. The molecule has 5 aromatic rings. The highest BCUT2D eigenvalue weighted by molar-refractivity contribution is 7.92. The molecule has 0 atom stereocenters. The van der Waals surface area contributed by atoms with Gasteiger partial charge in [-0.2, -0.15) is 0 Å². The van der Waals surface area contributed by atoms with Crippen LogP contribution >= 0.6 is 0 Å². The number of benzene rings is 3. The predicted molar refractivity (Wildman–Crippen MR) is 163 cm³/mol. The smallest absolute Gasteiger partial charge is 0.269 e. The Labute approximate surface area is 247 Å². The molecule has 220 valence electrons. The third-order valence-electron chi connectivity index (χ3n) is 6.73. The van der Waals surface area contributed by atoms with Crippen molar-refractivity contribution in [2.24, 2.45) is 0 Å². The average Bonchev–Trinajstić information content (AvgIpc) is 3.00. The van der Waals surface area contributed by atoms with Crippen LogP contribution in [-0.2, 0) is 19.9 Å². The molecular weight excluding hydrogens is 594 g/mol. The molecule has 0 saturated carbocycles. The van der Waals surface area contributed by atoms with Gasteiger partial charge in [0.25, 0.3) is 15.7 Å². The van der Waals surface area contributed by atoms with E-state index < -0.39 is 24.8 Å². The minimum atomic E-state index is -4.13. The maximum absolute atomic E-state index is 13.1. The molecule has 2 aromatic heterocycles. The lowest BCUT2D eigenvalue weighted by Crippen LogP contribution is -2.14. The van der Waals surface area contributed by atoms with Crippen LogP contribution in [0.15, 0.2) is 94.9 Å². The molecule has 0 aliphatic heterocycles. The summed E-state index contributed by atoms with van der Waals surface area (Å²) in [5.41, 5.74) is 9.27. The van der Waals surface area contributed by atoms with E-state index in [1.165, 1.54) is 25.4 Å². The lowest BCUT2D eigenvalue weighted by Gasteiger charge is -2.13. The Hall–Kier alpha value is -5.08. The highest BCUT2D eigenvalue weighted by Gasteiger charge is 2.20. The number of methoxy groups -OCH3 is 1. The zero-order chi connectivity index (χ0) is 30.9. The molecule has 14 heteroatoms. The Morgan fingerprint density at radius 2 is 1.53 bits per heavy atom. The summed E-state index contributed by atoms with van der Waals surface area (Å²) in [6.07, 6.45) is 1.53. The number of ether oxygens (including phenoxy) is 1. The van der Waals surface area contributed by atoms with E-state index in [0.717, 1.165) is 29.7 Å². The highest BCUT2D eigenvalue weighted by atomic mass is 32.2. The van der Waals surface area contributed by atoms with E-state index in [1.807, 2.05) is 12.1 Å². The first-order valence-corrected chi connectivity index (χ1v) is 15.9. The molecule has 0 spiro atoms. The van der Waals surface area contributed by atoms with E-state index in [2.05, 4.69) is 14.7 Å². The van der Waals surface area contributed by atoms with E-state index in [0.29, 0.717) is 27.8 Å². The second-order valence-electron chi connectivity index (χ2n) is 9.39. The summed E-state index contributed by atoms with van der Waals surface area (Å²) in [6, 6.07) is 19.7. The van der Waals surface area contributed by atoms with Gasteiger partial charge in [0.1, 0.15) is 11.5 Å². The first-order valence-electron chi connectivity index (χ1n) is 12.8. The number of anilines is 2. The van der Waals surface area contributed by atoms with Gasteiger partial charge < -0.3 is 10.5 Å². The van der Waals surface area contributed by atoms with Crippen molar-refractivity contribution in [2.75, 3.05) is 23.3 Å². The van der Waals surface area contributed by atoms with Gasteiger partial charge in [-0.05, 0) is 59.7 Å². The van der Waals surface area contributed by atoms with Crippen molar-refractivity contribution < 1.29 is 26.5 Å². The number of hydrogen-bond donors (Lipinski definition) is 2. The molecule has 3 N–H and O–H groups in total. The molecule has 5 rings (SSSR count). The van der Waals surface area contributed by atoms with Gasteiger partial charge in [0, 0.05) is 34.8 Å². The standard InChI is InChI=1S/C29H25N5O7S2/c1-3-42(37,38)23-9-4-18(5-10-23)25-15-20-14-19(6-13-26(20)32-28(25)30)21-16-27(29(41-2)31-17-21)33-43(39,40)24-11-7-22(8-12-24)34(35)36/h4-17,33H,3H2,1-2H3,(H2,30,32). The van der Waals surface area contributed by atoms with Crippen molar-refractivity contribution in [3.63, 3.8) is 0 Å². The Kier molecular flexibility index (Phi) is 7.73. The van der Waals surface area contributed by atoms with Gasteiger partial charge in [-0.1, -0.05) is 25.1 Å². The Morgan fingerprint density at radius 3 is 2.16 bits per heavy atom. The number of nitrogens with two attached hydrogens (primary N) is 1. The van der Waals surface area contributed by atoms with Gasteiger partial charge >= 0.3 is 0 Å².